The summed E-state index contributed by atoms with van der Waals surface area (Å²) in [5.74, 6) is 0.346. The van der Waals surface area contributed by atoms with Gasteiger partial charge in [0, 0.05) is 55.7 Å². The van der Waals surface area contributed by atoms with E-state index in [2.05, 4.69) is 45.6 Å². The number of thiazole rings is 1. The summed E-state index contributed by atoms with van der Waals surface area (Å²) in [4.78, 5) is 49.3. The van der Waals surface area contributed by atoms with E-state index in [0.29, 0.717) is 88.9 Å². The van der Waals surface area contributed by atoms with Crippen molar-refractivity contribution in [2.75, 3.05) is 77.6 Å². The Hall–Kier alpha value is -3.96. The number of likely N-dealkylation sites (tertiary alicyclic amines) is 1. The molecular weight excluding hydrogens is 892 g/mol. The van der Waals surface area contributed by atoms with Crippen molar-refractivity contribution in [3.8, 4) is 11.5 Å². The van der Waals surface area contributed by atoms with E-state index < -0.39 is 10.4 Å². The van der Waals surface area contributed by atoms with Gasteiger partial charge in [0.25, 0.3) is 11.8 Å². The Morgan fingerprint density at radius 2 is 1.80 bits per heavy atom. The molecule has 2 saturated heterocycles. The number of aromatic nitrogens is 1. The minimum atomic E-state index is -4.67. The van der Waals surface area contributed by atoms with Crippen LogP contribution in [-0.2, 0) is 55.3 Å². The summed E-state index contributed by atoms with van der Waals surface area (Å²) in [5, 5.41) is 19.9. The van der Waals surface area contributed by atoms with Gasteiger partial charge < -0.3 is 45.2 Å². The predicted octanol–water partition coefficient (Wildman–Crippen LogP) is 3.98. The minimum absolute atomic E-state index is 0. The average Bonchev–Trinajstić information content (AvgIpc) is 3.98. The number of phenolic OH excluding ortho intramolecular Hbond substituents is 1. The van der Waals surface area contributed by atoms with Crippen LogP contribution in [0.4, 0.5) is 5.69 Å². The largest absolute Gasteiger partial charge is 0.506 e. The van der Waals surface area contributed by atoms with Crippen LogP contribution in [0.2, 0.25) is 5.02 Å². The number of rotatable bonds is 17. The molecule has 21 heteroatoms. The lowest BCUT2D eigenvalue weighted by molar-refractivity contribution is -0.134. The number of aromatic hydroxyl groups is 1. The Morgan fingerprint density at radius 1 is 1.06 bits per heavy atom. The molecule has 1 aliphatic carbocycles. The number of benzene rings is 2. The number of anilines is 1. The first-order chi connectivity index (χ1) is 30.2. The third-order valence-corrected chi connectivity index (χ3v) is 13.4. The highest BCUT2D eigenvalue weighted by molar-refractivity contribution is 7.79. The van der Waals surface area contributed by atoms with Crippen molar-refractivity contribution >= 4 is 56.7 Å². The monoisotopic (exact) mass is 952 g/mol. The average molecular weight is 954 g/mol. The summed E-state index contributed by atoms with van der Waals surface area (Å²) in [6.07, 6.45) is 8.55. The molecule has 1 saturated carbocycles. The zero-order valence-electron chi connectivity index (χ0n) is 36.2. The molecule has 7 rings (SSSR count). The van der Waals surface area contributed by atoms with Crippen molar-refractivity contribution < 1.29 is 56.7 Å². The van der Waals surface area contributed by atoms with Crippen molar-refractivity contribution in [3.05, 3.63) is 68.1 Å². The molecule has 4 heterocycles. The van der Waals surface area contributed by atoms with Crippen molar-refractivity contribution in [1.29, 1.82) is 0 Å². The maximum atomic E-state index is 13.5. The fourth-order valence-electron chi connectivity index (χ4n) is 8.63. The number of aryl methyl sites for hydroxylation is 1. The predicted molar refractivity (Wildman–Crippen MR) is 242 cm³/mol. The van der Waals surface area contributed by atoms with Crippen LogP contribution in [0.3, 0.4) is 0 Å². The van der Waals surface area contributed by atoms with Gasteiger partial charge in [-0.3, -0.25) is 28.4 Å². The van der Waals surface area contributed by atoms with Crippen LogP contribution in [0.5, 0.6) is 11.5 Å². The Labute approximate surface area is 383 Å². The van der Waals surface area contributed by atoms with Gasteiger partial charge >= 0.3 is 10.4 Å². The van der Waals surface area contributed by atoms with Gasteiger partial charge in [-0.2, -0.15) is 8.42 Å². The van der Waals surface area contributed by atoms with Crippen molar-refractivity contribution in [2.24, 2.45) is 0 Å². The van der Waals surface area contributed by atoms with Gasteiger partial charge in [0.15, 0.2) is 12.4 Å². The SMILES string of the molecule is CCc1nc(C(=O)N2CCOC3(CCN(Cc4cccc(CCOCCC(=O)N(CCNCCc5ccc(O)c6c5OCC(=O)N6)C5CCCC5)c4Cl)CC3)C2)cs1.O.O=S(=O)(O)O. The number of nitrogens with zero attached hydrogens (tertiary/aromatic N) is 4. The summed E-state index contributed by atoms with van der Waals surface area (Å²) >= 11 is 8.51. The van der Waals surface area contributed by atoms with Crippen LogP contribution in [0.1, 0.15) is 84.1 Å². The van der Waals surface area contributed by atoms with E-state index in [1.165, 1.54) is 0 Å². The summed E-state index contributed by atoms with van der Waals surface area (Å²) in [7, 11) is -4.67. The number of fused-ring (bicyclic) bond motifs is 1. The fourth-order valence-corrected chi connectivity index (χ4v) is 9.63. The standard InChI is InChI=1S/C43H57ClN6O7S.H2O4S.H2O/c1-2-37-46-34(28-58-37)42(54)49-22-25-57-43(29-49)15-19-48(20-16-43)26-32-7-5-6-30(39(32)44)13-23-55-24-14-38(53)50(33-8-3-4-9-33)21-18-45-17-12-31-10-11-35(51)40-41(31)56-27-36(52)47-40;1-5(2,3)4;/h5-7,10-11,28,33,45,51H,2-4,8-9,12-27,29H2,1H3,(H,47,52);(H2,1,2,3,4);1H2. The molecule has 3 amide bonds. The first-order valence-electron chi connectivity index (χ1n) is 21.6. The Morgan fingerprint density at radius 3 is 2.52 bits per heavy atom. The molecule has 3 aliphatic heterocycles. The van der Waals surface area contributed by atoms with Crippen LogP contribution >= 0.6 is 22.9 Å². The van der Waals surface area contributed by atoms with Crippen molar-refractivity contribution in [1.82, 2.24) is 25.0 Å². The van der Waals surface area contributed by atoms with E-state index in [1.807, 2.05) is 21.2 Å². The summed E-state index contributed by atoms with van der Waals surface area (Å²) in [6.45, 7) is 9.00. The summed E-state index contributed by atoms with van der Waals surface area (Å²) in [5.41, 5.74) is 3.58. The molecule has 1 spiro atoms. The Balaban J connectivity index is 0.00000122. The maximum absolute atomic E-state index is 13.5. The number of ether oxygens (including phenoxy) is 3. The van der Waals surface area contributed by atoms with Crippen LogP contribution < -0.4 is 15.4 Å². The highest BCUT2D eigenvalue weighted by Gasteiger charge is 2.41. The zero-order valence-corrected chi connectivity index (χ0v) is 38.6. The van der Waals surface area contributed by atoms with Gasteiger partial charge in [0.1, 0.15) is 17.1 Å². The molecule has 0 atom stereocenters. The highest BCUT2D eigenvalue weighted by Crippen LogP contribution is 2.39. The first-order valence-corrected chi connectivity index (χ1v) is 24.3. The van der Waals surface area contributed by atoms with Gasteiger partial charge in [-0.1, -0.05) is 55.6 Å². The second-order valence-corrected chi connectivity index (χ2v) is 18.5. The van der Waals surface area contributed by atoms with Crippen molar-refractivity contribution in [2.45, 2.75) is 89.3 Å². The molecule has 2 aromatic carbocycles. The second kappa shape index (κ2) is 24.0. The molecule has 354 valence electrons. The van der Waals surface area contributed by atoms with E-state index in [0.717, 1.165) is 91.3 Å². The first kappa shape index (κ1) is 51.0. The third kappa shape index (κ3) is 14.5. The molecule has 64 heavy (non-hydrogen) atoms. The number of hydrogen-bond acceptors (Lipinski definition) is 13. The summed E-state index contributed by atoms with van der Waals surface area (Å²) < 4.78 is 49.5. The number of morpholine rings is 1. The molecule has 7 N–H and O–H groups in total. The maximum Gasteiger partial charge on any atom is 0.394 e. The number of halogens is 1. The van der Waals surface area contributed by atoms with E-state index in [4.69, 9.17) is 43.3 Å². The normalized spacial score (nSPS) is 17.4. The molecule has 18 nitrogen and oxygen atoms in total. The van der Waals surface area contributed by atoms with Gasteiger partial charge in [-0.05, 0) is 74.2 Å². The summed E-state index contributed by atoms with van der Waals surface area (Å²) in [6, 6.07) is 9.85. The quantitative estimate of drug-likeness (QED) is 0.0730. The number of hydrogen-bond donors (Lipinski definition) is 5. The molecule has 0 bridgehead atoms. The Bertz CT molecular complexity index is 2140. The van der Waals surface area contributed by atoms with Crippen LogP contribution in [0.15, 0.2) is 35.7 Å². The molecule has 0 radical (unpaired) electrons. The lowest BCUT2D eigenvalue weighted by Gasteiger charge is -2.47. The Kier molecular flexibility index (Phi) is 19.1. The molecule has 0 unspecified atom stereocenters. The van der Waals surface area contributed by atoms with E-state index in [9.17, 15) is 19.5 Å². The molecule has 1 aromatic heterocycles. The fraction of sp³-hybridized carbons (Fsp3) is 0.581. The number of carbonyl (C=O) groups excluding carboxylic acids is 3. The smallest absolute Gasteiger partial charge is 0.394 e. The van der Waals surface area contributed by atoms with Gasteiger partial charge in [-0.15, -0.1) is 11.3 Å². The van der Waals surface area contributed by atoms with E-state index >= 15 is 0 Å². The third-order valence-electron chi connectivity index (χ3n) is 11.9. The number of amides is 3. The van der Waals surface area contributed by atoms with Crippen LogP contribution in [0.25, 0.3) is 0 Å². The van der Waals surface area contributed by atoms with Crippen LogP contribution in [0, 0.1) is 0 Å². The number of nitrogens with one attached hydrogen (secondary N) is 2. The minimum Gasteiger partial charge on any atom is -0.506 e. The number of piperidine rings is 1. The van der Waals surface area contributed by atoms with Crippen molar-refractivity contribution in [3.63, 3.8) is 0 Å². The lowest BCUT2D eigenvalue weighted by Crippen LogP contribution is -2.58. The van der Waals surface area contributed by atoms with E-state index in [-0.39, 0.29) is 47.2 Å². The molecule has 3 fully saturated rings. The van der Waals surface area contributed by atoms with Gasteiger partial charge in [-0.25, -0.2) is 4.98 Å². The van der Waals surface area contributed by atoms with Gasteiger partial charge in [0.2, 0.25) is 5.91 Å². The molecular formula is C43H61ClN6O12S2. The highest BCUT2D eigenvalue weighted by atomic mass is 35.5. The molecule has 3 aromatic rings. The molecule has 4 aliphatic rings. The zero-order chi connectivity index (χ0) is 45.0. The number of phenols is 1. The lowest BCUT2D eigenvalue weighted by atomic mass is 9.89. The van der Waals surface area contributed by atoms with E-state index in [1.54, 1.807) is 17.4 Å². The topological polar surface area (TPSA) is 252 Å². The number of carbonyl (C=O) groups is 3. The van der Waals surface area contributed by atoms with Crippen LogP contribution in [-0.4, -0.2) is 149 Å². The second-order valence-electron chi connectivity index (χ2n) is 16.3. The van der Waals surface area contributed by atoms with Gasteiger partial charge in [0.05, 0.1) is 43.4 Å².